The van der Waals surface area contributed by atoms with Crippen LogP contribution in [0.4, 0.5) is 5.95 Å². The average Bonchev–Trinajstić information content (AvgIpc) is 3.21. The smallest absolute Gasteiger partial charge is 0.272 e. The Balaban J connectivity index is 1.80. The molecule has 2 aromatic heterocycles. The van der Waals surface area contributed by atoms with Crippen LogP contribution in [0.5, 0.6) is 0 Å². The van der Waals surface area contributed by atoms with E-state index in [1.807, 2.05) is 25.1 Å². The molecule has 32 heavy (non-hydrogen) atoms. The first kappa shape index (κ1) is 21.8. The number of amides is 1. The minimum absolute atomic E-state index is 0.186. The number of H-pyrrole nitrogens is 1. The minimum atomic E-state index is -0.249. The van der Waals surface area contributed by atoms with Gasteiger partial charge in [-0.15, -0.1) is 0 Å². The predicted molar refractivity (Wildman–Crippen MR) is 125 cm³/mol. The van der Waals surface area contributed by atoms with Crippen LogP contribution in [-0.4, -0.2) is 25.5 Å². The summed E-state index contributed by atoms with van der Waals surface area (Å²) in [7, 11) is 0. The van der Waals surface area contributed by atoms with Gasteiger partial charge in [-0.1, -0.05) is 55.3 Å². The van der Waals surface area contributed by atoms with E-state index in [0.29, 0.717) is 28.3 Å². The molecule has 4 rings (SSSR count). The Morgan fingerprint density at radius 1 is 1.12 bits per heavy atom. The molecule has 0 saturated carbocycles. The van der Waals surface area contributed by atoms with Gasteiger partial charge in [-0.25, -0.2) is 4.98 Å². The van der Waals surface area contributed by atoms with E-state index in [9.17, 15) is 9.59 Å². The Labute approximate surface area is 190 Å². The third-order valence-corrected chi connectivity index (χ3v) is 5.55. The van der Waals surface area contributed by atoms with E-state index in [1.54, 1.807) is 36.4 Å². The SMILES string of the molecule is CCCCc1c(C)nc2nc(N(Cc3cccc(Cl)c3)C(=O)c3ccccc3)[nH]n2c1=O. The number of aromatic nitrogens is 4. The summed E-state index contributed by atoms with van der Waals surface area (Å²) < 4.78 is 1.32. The van der Waals surface area contributed by atoms with E-state index in [4.69, 9.17) is 11.6 Å². The summed E-state index contributed by atoms with van der Waals surface area (Å²) in [6.45, 7) is 4.13. The van der Waals surface area contributed by atoms with Crippen molar-refractivity contribution in [2.24, 2.45) is 0 Å². The van der Waals surface area contributed by atoms with E-state index in [-0.39, 0.29) is 29.7 Å². The molecule has 2 aromatic carbocycles. The standard InChI is InChI=1S/C24H24ClN5O2/c1-3-4-13-20-16(2)26-23-27-24(28-30(23)22(20)32)29(15-17-9-8-12-19(25)14-17)21(31)18-10-6-5-7-11-18/h5-12,14H,3-4,13,15H2,1-2H3,(H,26,27,28). The summed E-state index contributed by atoms with van der Waals surface area (Å²) >= 11 is 6.15. The number of nitrogens with one attached hydrogen (secondary N) is 1. The number of fused-ring (bicyclic) bond motifs is 1. The van der Waals surface area contributed by atoms with Crippen LogP contribution in [0.1, 0.15) is 46.9 Å². The lowest BCUT2D eigenvalue weighted by Gasteiger charge is -2.20. The van der Waals surface area contributed by atoms with E-state index < -0.39 is 0 Å². The molecule has 0 radical (unpaired) electrons. The van der Waals surface area contributed by atoms with Crippen molar-refractivity contribution < 1.29 is 4.79 Å². The number of anilines is 1. The largest absolute Gasteiger partial charge is 0.277 e. The van der Waals surface area contributed by atoms with Gasteiger partial charge in [0.25, 0.3) is 17.2 Å². The lowest BCUT2D eigenvalue weighted by molar-refractivity contribution is 0.0983. The molecule has 0 atom stereocenters. The number of carbonyl (C=O) groups is 1. The number of unbranched alkanes of at least 4 members (excludes halogenated alkanes) is 1. The Hall–Kier alpha value is -3.45. The Kier molecular flexibility index (Phi) is 6.37. The van der Waals surface area contributed by atoms with Crippen molar-refractivity contribution in [3.8, 4) is 0 Å². The van der Waals surface area contributed by atoms with Crippen molar-refractivity contribution in [3.63, 3.8) is 0 Å². The predicted octanol–water partition coefficient (Wildman–Crippen LogP) is 4.57. The second kappa shape index (κ2) is 9.36. The molecule has 0 aliphatic rings. The Morgan fingerprint density at radius 2 is 1.91 bits per heavy atom. The summed E-state index contributed by atoms with van der Waals surface area (Å²) in [5.41, 5.74) is 2.49. The van der Waals surface area contributed by atoms with Crippen LogP contribution in [0.3, 0.4) is 0 Å². The third kappa shape index (κ3) is 4.43. The van der Waals surface area contributed by atoms with E-state index in [1.165, 1.54) is 9.42 Å². The Morgan fingerprint density at radius 3 is 2.62 bits per heavy atom. The van der Waals surface area contributed by atoms with Crippen LogP contribution < -0.4 is 10.5 Å². The van der Waals surface area contributed by atoms with Gasteiger partial charge in [0, 0.05) is 16.1 Å². The van der Waals surface area contributed by atoms with Gasteiger partial charge in [-0.05, 0) is 49.6 Å². The van der Waals surface area contributed by atoms with Crippen LogP contribution in [-0.2, 0) is 13.0 Å². The van der Waals surface area contributed by atoms with Gasteiger partial charge >= 0.3 is 0 Å². The molecule has 7 nitrogen and oxygen atoms in total. The molecule has 0 unspecified atom stereocenters. The fraction of sp³-hybridized carbons (Fsp3) is 0.250. The molecule has 0 aliphatic carbocycles. The fourth-order valence-electron chi connectivity index (χ4n) is 3.60. The summed E-state index contributed by atoms with van der Waals surface area (Å²) in [4.78, 5) is 37.0. The molecule has 0 fully saturated rings. The van der Waals surface area contributed by atoms with Crippen LogP contribution in [0.25, 0.3) is 5.78 Å². The number of aromatic amines is 1. The number of hydrogen-bond acceptors (Lipinski definition) is 4. The maximum Gasteiger partial charge on any atom is 0.277 e. The number of rotatable bonds is 7. The van der Waals surface area contributed by atoms with Crippen molar-refractivity contribution in [2.75, 3.05) is 4.90 Å². The minimum Gasteiger partial charge on any atom is -0.272 e. The number of benzene rings is 2. The molecule has 8 heteroatoms. The molecule has 0 aliphatic heterocycles. The van der Waals surface area contributed by atoms with Gasteiger partial charge in [0.1, 0.15) is 0 Å². The zero-order valence-electron chi connectivity index (χ0n) is 18.0. The molecule has 164 valence electrons. The Bertz CT molecular complexity index is 1310. The zero-order chi connectivity index (χ0) is 22.7. The second-order valence-electron chi connectivity index (χ2n) is 7.65. The van der Waals surface area contributed by atoms with E-state index >= 15 is 0 Å². The molecule has 1 amide bonds. The first-order valence-corrected chi connectivity index (χ1v) is 11.0. The highest BCUT2D eigenvalue weighted by Gasteiger charge is 2.23. The van der Waals surface area contributed by atoms with Crippen molar-refractivity contribution in [3.05, 3.63) is 92.4 Å². The van der Waals surface area contributed by atoms with E-state index in [0.717, 1.165) is 18.4 Å². The normalized spacial score (nSPS) is 11.1. The number of nitrogens with zero attached hydrogens (tertiary/aromatic N) is 4. The number of carbonyl (C=O) groups excluding carboxylic acids is 1. The van der Waals surface area contributed by atoms with Crippen LogP contribution >= 0.6 is 11.6 Å². The first-order chi connectivity index (χ1) is 15.5. The molecule has 4 aromatic rings. The van der Waals surface area contributed by atoms with Gasteiger partial charge < -0.3 is 0 Å². The maximum absolute atomic E-state index is 13.4. The highest BCUT2D eigenvalue weighted by Crippen LogP contribution is 2.19. The number of halogens is 1. The first-order valence-electron chi connectivity index (χ1n) is 10.6. The summed E-state index contributed by atoms with van der Waals surface area (Å²) in [5.74, 6) is 0.232. The van der Waals surface area contributed by atoms with Gasteiger partial charge in [0.05, 0.1) is 12.2 Å². The fourth-order valence-corrected chi connectivity index (χ4v) is 3.82. The van der Waals surface area contributed by atoms with Gasteiger partial charge in [-0.3, -0.25) is 19.6 Å². The highest BCUT2D eigenvalue weighted by atomic mass is 35.5. The van der Waals surface area contributed by atoms with Crippen molar-refractivity contribution in [1.29, 1.82) is 0 Å². The molecule has 0 saturated heterocycles. The van der Waals surface area contributed by atoms with Gasteiger partial charge in [-0.2, -0.15) is 9.50 Å². The zero-order valence-corrected chi connectivity index (χ0v) is 18.8. The summed E-state index contributed by atoms with van der Waals surface area (Å²) in [6, 6.07) is 16.2. The van der Waals surface area contributed by atoms with Crippen molar-refractivity contribution in [1.82, 2.24) is 19.6 Å². The molecule has 2 heterocycles. The number of hydrogen-bond donors (Lipinski definition) is 1. The lowest BCUT2D eigenvalue weighted by atomic mass is 10.1. The molecule has 0 bridgehead atoms. The van der Waals surface area contributed by atoms with Gasteiger partial charge in [0.2, 0.25) is 5.95 Å². The van der Waals surface area contributed by atoms with Crippen LogP contribution in [0, 0.1) is 6.92 Å². The van der Waals surface area contributed by atoms with Crippen molar-refractivity contribution >= 4 is 29.2 Å². The lowest BCUT2D eigenvalue weighted by Crippen LogP contribution is -2.31. The van der Waals surface area contributed by atoms with Crippen LogP contribution in [0.2, 0.25) is 5.02 Å². The van der Waals surface area contributed by atoms with E-state index in [2.05, 4.69) is 22.0 Å². The molecular weight excluding hydrogens is 426 g/mol. The molecule has 0 spiro atoms. The maximum atomic E-state index is 13.4. The molecular formula is C24H24ClN5O2. The summed E-state index contributed by atoms with van der Waals surface area (Å²) in [5, 5.41) is 3.57. The topological polar surface area (TPSA) is 83.4 Å². The van der Waals surface area contributed by atoms with Gasteiger partial charge in [0.15, 0.2) is 0 Å². The van der Waals surface area contributed by atoms with Crippen molar-refractivity contribution in [2.45, 2.75) is 39.7 Å². The summed E-state index contributed by atoms with van der Waals surface area (Å²) in [6.07, 6.45) is 2.54. The monoisotopic (exact) mass is 449 g/mol. The second-order valence-corrected chi connectivity index (χ2v) is 8.09. The quantitative estimate of drug-likeness (QED) is 0.448. The highest BCUT2D eigenvalue weighted by molar-refractivity contribution is 6.30. The third-order valence-electron chi connectivity index (χ3n) is 5.32. The number of aryl methyl sites for hydroxylation is 1. The van der Waals surface area contributed by atoms with Crippen LogP contribution in [0.15, 0.2) is 59.4 Å². The molecule has 1 N–H and O–H groups in total. The average molecular weight is 450 g/mol.